The molecule has 8 nitrogen and oxygen atoms in total. The van der Waals surface area contributed by atoms with Crippen molar-refractivity contribution < 1.29 is 34.8 Å². The number of aromatic nitrogens is 1. The topological polar surface area (TPSA) is 145 Å². The number of aliphatic hydroxyl groups excluding tert-OH is 1. The predicted octanol–water partition coefficient (Wildman–Crippen LogP) is -0.0702. The molecule has 0 aliphatic heterocycles. The van der Waals surface area contributed by atoms with Crippen LogP contribution in [0.4, 0.5) is 0 Å². The van der Waals surface area contributed by atoms with E-state index in [1.807, 2.05) is 0 Å². The molecule has 0 aromatic carbocycles. The van der Waals surface area contributed by atoms with Gasteiger partial charge in [-0.2, -0.15) is 0 Å². The van der Waals surface area contributed by atoms with Gasteiger partial charge in [0.15, 0.2) is 0 Å². The number of hydrogen-bond acceptors (Lipinski definition) is 5. The monoisotopic (exact) mass is 257 g/mol. The fourth-order valence-corrected chi connectivity index (χ4v) is 0.673. The minimum Gasteiger partial charge on any atom is -0.479 e. The third kappa shape index (κ3) is 5.56. The summed E-state index contributed by atoms with van der Waals surface area (Å²) in [4.78, 5) is 33.5. The smallest absolute Gasteiger partial charge is 0.354 e. The van der Waals surface area contributed by atoms with Crippen LogP contribution >= 0.6 is 0 Å². The van der Waals surface area contributed by atoms with E-state index in [2.05, 4.69) is 4.98 Å². The van der Waals surface area contributed by atoms with Crippen LogP contribution in [0.25, 0.3) is 0 Å². The highest BCUT2D eigenvalue weighted by molar-refractivity contribution is 5.89. The molecule has 0 fully saturated rings. The van der Waals surface area contributed by atoms with Crippen molar-refractivity contribution in [3.63, 3.8) is 0 Å². The first-order valence-electron chi connectivity index (χ1n) is 4.60. The van der Waals surface area contributed by atoms with Gasteiger partial charge in [-0.3, -0.25) is 0 Å². The molecule has 0 amide bonds. The molecular weight excluding hydrogens is 246 g/mol. The quantitative estimate of drug-likeness (QED) is 0.588. The highest BCUT2D eigenvalue weighted by atomic mass is 16.4. The molecule has 18 heavy (non-hydrogen) atoms. The number of aliphatic carboxylic acids is 1. The van der Waals surface area contributed by atoms with Gasteiger partial charge >= 0.3 is 17.9 Å². The van der Waals surface area contributed by atoms with Gasteiger partial charge in [-0.05, 0) is 19.1 Å². The minimum absolute atomic E-state index is 0.269. The van der Waals surface area contributed by atoms with Crippen LogP contribution < -0.4 is 0 Å². The van der Waals surface area contributed by atoms with E-state index >= 15 is 0 Å². The predicted molar refractivity (Wildman–Crippen MR) is 57.5 cm³/mol. The first-order chi connectivity index (χ1) is 8.25. The Kier molecular flexibility index (Phi) is 6.01. The van der Waals surface area contributed by atoms with E-state index in [4.69, 9.17) is 20.4 Å². The van der Waals surface area contributed by atoms with Gasteiger partial charge in [-0.25, -0.2) is 19.4 Å². The molecule has 0 aliphatic carbocycles. The van der Waals surface area contributed by atoms with Crippen molar-refractivity contribution in [2.24, 2.45) is 0 Å². The van der Waals surface area contributed by atoms with Gasteiger partial charge in [0, 0.05) is 0 Å². The largest absolute Gasteiger partial charge is 0.479 e. The van der Waals surface area contributed by atoms with Gasteiger partial charge in [0.05, 0.1) is 0 Å². The summed E-state index contributed by atoms with van der Waals surface area (Å²) < 4.78 is 0. The third-order valence-corrected chi connectivity index (χ3v) is 1.54. The maximum atomic E-state index is 10.3. The number of pyridine rings is 1. The number of aliphatic hydroxyl groups is 1. The zero-order valence-corrected chi connectivity index (χ0v) is 9.27. The summed E-state index contributed by atoms with van der Waals surface area (Å²) >= 11 is 0. The van der Waals surface area contributed by atoms with Crippen LogP contribution in [0, 0.1) is 0 Å². The van der Waals surface area contributed by atoms with Gasteiger partial charge in [0.2, 0.25) is 0 Å². The number of hydrogen-bond donors (Lipinski definition) is 4. The summed E-state index contributed by atoms with van der Waals surface area (Å²) in [7, 11) is 0. The van der Waals surface area contributed by atoms with Crippen molar-refractivity contribution in [1.82, 2.24) is 4.98 Å². The Morgan fingerprint density at radius 1 is 1.06 bits per heavy atom. The summed E-state index contributed by atoms with van der Waals surface area (Å²) in [5.74, 6) is -3.66. The van der Waals surface area contributed by atoms with E-state index in [0.29, 0.717) is 0 Å². The average molecular weight is 257 g/mol. The van der Waals surface area contributed by atoms with E-state index < -0.39 is 24.0 Å². The zero-order chi connectivity index (χ0) is 14.3. The Morgan fingerprint density at radius 2 is 1.39 bits per heavy atom. The second-order valence-electron chi connectivity index (χ2n) is 3.03. The molecule has 0 bridgehead atoms. The fourth-order valence-electron chi connectivity index (χ4n) is 0.673. The Morgan fingerprint density at radius 3 is 1.61 bits per heavy atom. The van der Waals surface area contributed by atoms with Crippen LogP contribution in [0.15, 0.2) is 18.2 Å². The van der Waals surface area contributed by atoms with E-state index in [-0.39, 0.29) is 11.4 Å². The van der Waals surface area contributed by atoms with Crippen molar-refractivity contribution in [2.75, 3.05) is 0 Å². The summed E-state index contributed by atoms with van der Waals surface area (Å²) in [5, 5.41) is 32.6. The molecule has 4 N–H and O–H groups in total. The number of carboxylic acids is 3. The summed E-state index contributed by atoms with van der Waals surface area (Å²) in [6, 6.07) is 3.80. The van der Waals surface area contributed by atoms with E-state index in [1.54, 1.807) is 0 Å². The summed E-state index contributed by atoms with van der Waals surface area (Å²) in [6.07, 6.45) is -1.23. The lowest BCUT2D eigenvalue weighted by Crippen LogP contribution is -2.13. The van der Waals surface area contributed by atoms with Crippen molar-refractivity contribution in [3.8, 4) is 0 Å². The molecule has 1 unspecified atom stereocenters. The number of aromatic carboxylic acids is 2. The van der Waals surface area contributed by atoms with Crippen LogP contribution in [-0.2, 0) is 4.79 Å². The van der Waals surface area contributed by atoms with Crippen LogP contribution in [-0.4, -0.2) is 49.4 Å². The molecule has 0 spiro atoms. The highest BCUT2D eigenvalue weighted by Crippen LogP contribution is 1.98. The number of nitrogens with zero attached hydrogens (tertiary/aromatic N) is 1. The standard InChI is InChI=1S/C7H5NO4.C3H6O3/c9-6(10)4-2-1-3-5(8-4)7(11)12;1-2(4)3(5)6/h1-3H,(H,9,10)(H,11,12);2,4H,1H3,(H,5,6). The van der Waals surface area contributed by atoms with Gasteiger partial charge < -0.3 is 20.4 Å². The van der Waals surface area contributed by atoms with Gasteiger partial charge in [-0.1, -0.05) is 6.07 Å². The molecule has 1 aromatic heterocycles. The van der Waals surface area contributed by atoms with Crippen molar-refractivity contribution in [3.05, 3.63) is 29.6 Å². The van der Waals surface area contributed by atoms with Crippen molar-refractivity contribution in [1.29, 1.82) is 0 Å². The second kappa shape index (κ2) is 6.97. The highest BCUT2D eigenvalue weighted by Gasteiger charge is 2.08. The fraction of sp³-hybridized carbons (Fsp3) is 0.200. The Bertz CT molecular complexity index is 426. The molecule has 1 heterocycles. The molecule has 1 aromatic rings. The molecular formula is C10H11NO7. The van der Waals surface area contributed by atoms with Crippen LogP contribution in [0.5, 0.6) is 0 Å². The lowest BCUT2D eigenvalue weighted by Gasteiger charge is -1.94. The maximum Gasteiger partial charge on any atom is 0.354 e. The van der Waals surface area contributed by atoms with Crippen molar-refractivity contribution >= 4 is 17.9 Å². The molecule has 0 aliphatic rings. The van der Waals surface area contributed by atoms with Gasteiger partial charge in [0.25, 0.3) is 0 Å². The van der Waals surface area contributed by atoms with E-state index in [9.17, 15) is 14.4 Å². The van der Waals surface area contributed by atoms with Gasteiger partial charge in [-0.15, -0.1) is 0 Å². The van der Waals surface area contributed by atoms with E-state index in [0.717, 1.165) is 0 Å². The lowest BCUT2D eigenvalue weighted by atomic mass is 10.3. The molecule has 1 rings (SSSR count). The molecule has 0 saturated carbocycles. The lowest BCUT2D eigenvalue weighted by molar-refractivity contribution is -0.145. The third-order valence-electron chi connectivity index (χ3n) is 1.54. The van der Waals surface area contributed by atoms with E-state index in [1.165, 1.54) is 25.1 Å². The average Bonchev–Trinajstić information content (AvgIpc) is 2.29. The van der Waals surface area contributed by atoms with Crippen LogP contribution in [0.3, 0.4) is 0 Å². The number of rotatable bonds is 3. The molecule has 8 heteroatoms. The first kappa shape index (κ1) is 15.5. The minimum atomic E-state index is -1.24. The Balaban J connectivity index is 0.000000411. The SMILES string of the molecule is CC(O)C(=O)O.O=C(O)c1cccc(C(=O)O)n1. The number of carbonyl (C=O) groups is 3. The molecule has 0 saturated heterocycles. The Hall–Kier alpha value is -2.48. The zero-order valence-electron chi connectivity index (χ0n) is 9.27. The molecule has 98 valence electrons. The van der Waals surface area contributed by atoms with Gasteiger partial charge in [0.1, 0.15) is 17.5 Å². The van der Waals surface area contributed by atoms with Crippen LogP contribution in [0.2, 0.25) is 0 Å². The summed E-state index contributed by atoms with van der Waals surface area (Å²) in [6.45, 7) is 1.20. The molecule has 1 atom stereocenters. The second-order valence-corrected chi connectivity index (χ2v) is 3.03. The van der Waals surface area contributed by atoms with Crippen LogP contribution in [0.1, 0.15) is 27.9 Å². The molecule has 0 radical (unpaired) electrons. The first-order valence-corrected chi connectivity index (χ1v) is 4.60. The maximum absolute atomic E-state index is 10.3. The number of carboxylic acid groups (broad SMARTS) is 3. The van der Waals surface area contributed by atoms with Crippen molar-refractivity contribution in [2.45, 2.75) is 13.0 Å². The Labute approximate surface area is 101 Å². The summed E-state index contributed by atoms with van der Waals surface area (Å²) in [5.41, 5.74) is -0.537. The normalized spacial score (nSPS) is 10.8.